The molecule has 1 aromatic heterocycles. The molecule has 0 aliphatic rings. The summed E-state index contributed by atoms with van der Waals surface area (Å²) in [5.41, 5.74) is 1.53. The molecule has 0 amide bonds. The topological polar surface area (TPSA) is 58.2 Å². The molecule has 21 heavy (non-hydrogen) atoms. The second-order valence-corrected chi connectivity index (χ2v) is 8.44. The van der Waals surface area contributed by atoms with Crippen LogP contribution >= 0.6 is 27.3 Å². The van der Waals surface area contributed by atoms with Gasteiger partial charge in [-0.15, -0.1) is 11.3 Å². The number of thiophene rings is 1. The van der Waals surface area contributed by atoms with E-state index in [0.29, 0.717) is 16.4 Å². The Bertz CT molecular complexity index is 726. The Labute approximate surface area is 137 Å². The van der Waals surface area contributed by atoms with Crippen molar-refractivity contribution in [1.82, 2.24) is 5.32 Å². The van der Waals surface area contributed by atoms with Gasteiger partial charge in [-0.25, -0.2) is 8.42 Å². The van der Waals surface area contributed by atoms with E-state index in [0.717, 1.165) is 21.5 Å². The van der Waals surface area contributed by atoms with Crippen LogP contribution in [0.2, 0.25) is 0 Å². The summed E-state index contributed by atoms with van der Waals surface area (Å²) >= 11 is 4.65. The highest BCUT2D eigenvalue weighted by Crippen LogP contribution is 2.29. The number of hydrogen-bond acceptors (Lipinski definition) is 4. The van der Waals surface area contributed by atoms with Crippen LogP contribution in [0.15, 0.2) is 39.0 Å². The van der Waals surface area contributed by atoms with Gasteiger partial charge < -0.3 is 5.32 Å². The molecule has 114 valence electrons. The molecule has 1 aromatic carbocycles. The van der Waals surface area contributed by atoms with Crippen LogP contribution in [0, 0.1) is 6.92 Å². The van der Waals surface area contributed by atoms with Crippen molar-refractivity contribution in [2.45, 2.75) is 24.6 Å². The van der Waals surface area contributed by atoms with Crippen molar-refractivity contribution in [2.75, 3.05) is 11.3 Å². The van der Waals surface area contributed by atoms with Gasteiger partial charge >= 0.3 is 0 Å². The molecule has 2 aromatic rings. The molecule has 4 nitrogen and oxygen atoms in total. The maximum Gasteiger partial charge on any atom is 0.271 e. The quantitative estimate of drug-likeness (QED) is 0.792. The van der Waals surface area contributed by atoms with Crippen molar-refractivity contribution in [3.05, 3.63) is 45.2 Å². The first kappa shape index (κ1) is 16.5. The third-order valence-electron chi connectivity index (χ3n) is 2.92. The lowest BCUT2D eigenvalue weighted by atomic mass is 10.3. The van der Waals surface area contributed by atoms with Crippen molar-refractivity contribution in [3.63, 3.8) is 0 Å². The van der Waals surface area contributed by atoms with Gasteiger partial charge in [0.15, 0.2) is 0 Å². The molecule has 0 saturated carbocycles. The second-order valence-electron chi connectivity index (χ2n) is 4.54. The molecular formula is C14H17BrN2O2S2. The average molecular weight is 389 g/mol. The summed E-state index contributed by atoms with van der Waals surface area (Å²) in [7, 11) is -3.55. The number of anilines is 1. The summed E-state index contributed by atoms with van der Waals surface area (Å²) in [5, 5.41) is 3.22. The van der Waals surface area contributed by atoms with Crippen LogP contribution in [0.1, 0.15) is 17.4 Å². The number of halogens is 1. The van der Waals surface area contributed by atoms with Gasteiger partial charge in [0.2, 0.25) is 0 Å². The van der Waals surface area contributed by atoms with E-state index >= 15 is 0 Å². The van der Waals surface area contributed by atoms with E-state index in [1.807, 2.05) is 19.9 Å². The van der Waals surface area contributed by atoms with Crippen LogP contribution in [0.25, 0.3) is 0 Å². The first-order valence-corrected chi connectivity index (χ1v) is 9.60. The molecule has 7 heteroatoms. The van der Waals surface area contributed by atoms with E-state index in [4.69, 9.17) is 0 Å². The SMILES string of the molecule is CCNCc1sc(S(=O)(=O)Nc2ccccc2Br)cc1C. The Hall–Kier alpha value is -0.890. The molecular weight excluding hydrogens is 372 g/mol. The third-order valence-corrected chi connectivity index (χ3v) is 6.68. The van der Waals surface area contributed by atoms with Crippen molar-refractivity contribution < 1.29 is 8.42 Å². The lowest BCUT2D eigenvalue weighted by molar-refractivity contribution is 0.603. The van der Waals surface area contributed by atoms with Crippen LogP contribution in [-0.2, 0) is 16.6 Å². The van der Waals surface area contributed by atoms with Gasteiger partial charge in [-0.05, 0) is 53.2 Å². The molecule has 0 saturated heterocycles. The summed E-state index contributed by atoms with van der Waals surface area (Å²) in [5.74, 6) is 0. The maximum absolute atomic E-state index is 12.5. The fraction of sp³-hybridized carbons (Fsp3) is 0.286. The highest BCUT2D eigenvalue weighted by molar-refractivity contribution is 9.10. The number of benzene rings is 1. The Morgan fingerprint density at radius 1 is 1.29 bits per heavy atom. The predicted molar refractivity (Wildman–Crippen MR) is 91.4 cm³/mol. The first-order valence-electron chi connectivity index (χ1n) is 6.51. The fourth-order valence-electron chi connectivity index (χ4n) is 1.77. The van der Waals surface area contributed by atoms with Crippen molar-refractivity contribution in [1.29, 1.82) is 0 Å². The Morgan fingerprint density at radius 2 is 2.00 bits per heavy atom. The van der Waals surface area contributed by atoms with Crippen LogP contribution in [0.5, 0.6) is 0 Å². The van der Waals surface area contributed by atoms with Crippen molar-refractivity contribution >= 4 is 43.0 Å². The van der Waals surface area contributed by atoms with Crippen LogP contribution in [0.3, 0.4) is 0 Å². The van der Waals surface area contributed by atoms with Gasteiger partial charge in [-0.2, -0.15) is 0 Å². The summed E-state index contributed by atoms with van der Waals surface area (Å²) < 4.78 is 28.6. The molecule has 2 rings (SSSR count). The molecule has 0 fully saturated rings. The van der Waals surface area contributed by atoms with E-state index in [1.54, 1.807) is 24.3 Å². The van der Waals surface area contributed by atoms with Gasteiger partial charge in [0, 0.05) is 15.9 Å². The zero-order chi connectivity index (χ0) is 15.5. The molecule has 0 atom stereocenters. The average Bonchev–Trinajstić information content (AvgIpc) is 2.81. The highest BCUT2D eigenvalue weighted by atomic mass is 79.9. The number of nitrogens with one attached hydrogen (secondary N) is 2. The van der Waals surface area contributed by atoms with E-state index in [1.165, 1.54) is 11.3 Å². The molecule has 2 N–H and O–H groups in total. The monoisotopic (exact) mass is 388 g/mol. The molecule has 0 spiro atoms. The summed E-state index contributed by atoms with van der Waals surface area (Å²) in [6.07, 6.45) is 0. The summed E-state index contributed by atoms with van der Waals surface area (Å²) in [6, 6.07) is 8.87. The molecule has 0 aliphatic heterocycles. The Morgan fingerprint density at radius 3 is 2.67 bits per heavy atom. The van der Waals surface area contributed by atoms with Crippen LogP contribution in [0.4, 0.5) is 5.69 Å². The van der Waals surface area contributed by atoms with E-state index in [2.05, 4.69) is 26.0 Å². The van der Waals surface area contributed by atoms with Gasteiger partial charge in [-0.3, -0.25) is 4.72 Å². The number of rotatable bonds is 6. The molecule has 0 radical (unpaired) electrons. The second kappa shape index (κ2) is 6.91. The largest absolute Gasteiger partial charge is 0.312 e. The van der Waals surface area contributed by atoms with Gasteiger partial charge in [0.1, 0.15) is 4.21 Å². The van der Waals surface area contributed by atoms with Gasteiger partial charge in [-0.1, -0.05) is 19.1 Å². The maximum atomic E-state index is 12.5. The lowest BCUT2D eigenvalue weighted by Gasteiger charge is -2.07. The lowest BCUT2D eigenvalue weighted by Crippen LogP contribution is -2.12. The minimum Gasteiger partial charge on any atom is -0.312 e. The minimum atomic E-state index is -3.55. The number of aryl methyl sites for hydroxylation is 1. The molecule has 0 unspecified atom stereocenters. The number of para-hydroxylation sites is 1. The third kappa shape index (κ3) is 4.06. The molecule has 0 bridgehead atoms. The van der Waals surface area contributed by atoms with Crippen LogP contribution in [-0.4, -0.2) is 15.0 Å². The zero-order valence-electron chi connectivity index (χ0n) is 11.8. The van der Waals surface area contributed by atoms with Crippen LogP contribution < -0.4 is 10.0 Å². The highest BCUT2D eigenvalue weighted by Gasteiger charge is 2.19. The summed E-state index contributed by atoms with van der Waals surface area (Å²) in [4.78, 5) is 1.05. The van der Waals surface area contributed by atoms with Crippen molar-refractivity contribution in [3.8, 4) is 0 Å². The smallest absolute Gasteiger partial charge is 0.271 e. The zero-order valence-corrected chi connectivity index (χ0v) is 15.0. The minimum absolute atomic E-state index is 0.337. The molecule has 0 aliphatic carbocycles. The summed E-state index contributed by atoms with van der Waals surface area (Å²) in [6.45, 7) is 5.50. The van der Waals surface area contributed by atoms with E-state index in [9.17, 15) is 8.42 Å². The number of sulfonamides is 1. The van der Waals surface area contributed by atoms with Crippen molar-refractivity contribution in [2.24, 2.45) is 0 Å². The predicted octanol–water partition coefficient (Wildman–Crippen LogP) is 3.73. The first-order chi connectivity index (χ1) is 9.94. The normalized spacial score (nSPS) is 11.6. The fourth-order valence-corrected chi connectivity index (χ4v) is 4.93. The number of hydrogen-bond donors (Lipinski definition) is 2. The Kier molecular flexibility index (Phi) is 5.43. The standard InChI is InChI=1S/C14H17BrN2O2S2/c1-3-16-9-13-10(2)8-14(20-13)21(18,19)17-12-7-5-4-6-11(12)15/h4-8,16-17H,3,9H2,1-2H3. The Balaban J connectivity index is 2.26. The van der Waals surface area contributed by atoms with E-state index in [-0.39, 0.29) is 0 Å². The molecule has 1 heterocycles. The van der Waals surface area contributed by atoms with Gasteiger partial charge in [0.05, 0.1) is 5.69 Å². The van der Waals surface area contributed by atoms with E-state index < -0.39 is 10.0 Å². The van der Waals surface area contributed by atoms with Gasteiger partial charge in [0.25, 0.3) is 10.0 Å².